The van der Waals surface area contributed by atoms with Crippen molar-refractivity contribution in [3.8, 4) is 16.9 Å². The van der Waals surface area contributed by atoms with Gasteiger partial charge in [-0.25, -0.2) is 19.6 Å². The van der Waals surface area contributed by atoms with Gasteiger partial charge >= 0.3 is 24.1 Å². The number of pyridine rings is 1. The first-order valence-electron chi connectivity index (χ1n) is 15.2. The van der Waals surface area contributed by atoms with Crippen LogP contribution >= 0.6 is 11.6 Å². The van der Waals surface area contributed by atoms with Gasteiger partial charge in [0.15, 0.2) is 11.4 Å². The van der Waals surface area contributed by atoms with Gasteiger partial charge in [0.25, 0.3) is 5.91 Å². The maximum Gasteiger partial charge on any atom is 0.482 e. The number of esters is 1. The van der Waals surface area contributed by atoms with Gasteiger partial charge in [0.1, 0.15) is 5.82 Å². The van der Waals surface area contributed by atoms with Gasteiger partial charge in [-0.2, -0.15) is 8.78 Å². The SMILES string of the molecule is COC(=O)N1CC(C[C@@]2(C)OC(=O)c3c2nc(CC2CC2)c(C(N)=O)c3-c2ccc3c(c2)OC(F)(F)C(=O)N3Cc2ncc(Cl)cn2)C1. The van der Waals surface area contributed by atoms with Crippen LogP contribution in [0.4, 0.5) is 19.3 Å². The number of fused-ring (bicyclic) bond motifs is 2. The summed E-state index contributed by atoms with van der Waals surface area (Å²) in [4.78, 5) is 66.7. The summed E-state index contributed by atoms with van der Waals surface area (Å²) >= 11 is 5.85. The van der Waals surface area contributed by atoms with Crippen LogP contribution in [0.1, 0.15) is 64.1 Å². The van der Waals surface area contributed by atoms with Gasteiger partial charge in [0.2, 0.25) is 0 Å². The lowest BCUT2D eigenvalue weighted by Gasteiger charge is -2.41. The molecule has 1 saturated heterocycles. The fourth-order valence-electron chi connectivity index (χ4n) is 6.63. The molecule has 0 spiro atoms. The Morgan fingerprint density at radius 2 is 1.81 bits per heavy atom. The third-order valence-corrected chi connectivity index (χ3v) is 9.23. The Morgan fingerprint density at radius 3 is 2.46 bits per heavy atom. The quantitative estimate of drug-likeness (QED) is 0.340. The Morgan fingerprint density at radius 1 is 1.10 bits per heavy atom. The highest BCUT2D eigenvalue weighted by atomic mass is 35.5. The molecule has 2 aromatic heterocycles. The molecule has 1 aliphatic carbocycles. The lowest BCUT2D eigenvalue weighted by atomic mass is 9.82. The van der Waals surface area contributed by atoms with E-state index in [2.05, 4.69) is 9.97 Å². The number of carbonyl (C=O) groups is 4. The number of primary amides is 1. The molecule has 0 radical (unpaired) electrons. The summed E-state index contributed by atoms with van der Waals surface area (Å²) in [7, 11) is 1.30. The smallest absolute Gasteiger partial charge is 0.453 e. The molecule has 0 unspecified atom stereocenters. The van der Waals surface area contributed by atoms with Crippen molar-refractivity contribution in [2.75, 3.05) is 25.1 Å². The van der Waals surface area contributed by atoms with E-state index in [-0.39, 0.29) is 56.4 Å². The summed E-state index contributed by atoms with van der Waals surface area (Å²) in [5.41, 5.74) is 5.58. The first-order valence-corrected chi connectivity index (χ1v) is 15.6. The number of halogens is 3. The van der Waals surface area contributed by atoms with Crippen LogP contribution in [0.3, 0.4) is 0 Å². The van der Waals surface area contributed by atoms with E-state index in [4.69, 9.17) is 36.5 Å². The summed E-state index contributed by atoms with van der Waals surface area (Å²) in [5.74, 6) is -3.36. The molecule has 3 aliphatic heterocycles. The van der Waals surface area contributed by atoms with Crippen molar-refractivity contribution in [1.29, 1.82) is 0 Å². The zero-order valence-corrected chi connectivity index (χ0v) is 26.6. The number of likely N-dealkylation sites (tertiary alicyclic amines) is 1. The van der Waals surface area contributed by atoms with Crippen LogP contribution in [-0.4, -0.2) is 70.0 Å². The molecule has 250 valence electrons. The van der Waals surface area contributed by atoms with E-state index in [0.29, 0.717) is 37.3 Å². The summed E-state index contributed by atoms with van der Waals surface area (Å²) in [5, 5.41) is 0.226. The number of aromatic nitrogens is 3. The Labute approximate surface area is 277 Å². The number of cyclic esters (lactones) is 1. The van der Waals surface area contributed by atoms with E-state index < -0.39 is 42.1 Å². The van der Waals surface area contributed by atoms with E-state index in [9.17, 15) is 19.2 Å². The van der Waals surface area contributed by atoms with Gasteiger partial charge in [0.05, 0.1) is 46.9 Å². The molecule has 16 heteroatoms. The molecule has 48 heavy (non-hydrogen) atoms. The zero-order valence-electron chi connectivity index (χ0n) is 25.8. The first kappa shape index (κ1) is 31.7. The fourth-order valence-corrected chi connectivity index (χ4v) is 6.72. The average Bonchev–Trinajstić information content (AvgIpc) is 3.80. The highest BCUT2D eigenvalue weighted by Gasteiger charge is 2.52. The molecule has 2 N–H and O–H groups in total. The number of alkyl halides is 2. The predicted octanol–water partition coefficient (Wildman–Crippen LogP) is 4.24. The Hall–Kier alpha value is -4.92. The van der Waals surface area contributed by atoms with E-state index in [1.165, 1.54) is 42.6 Å². The van der Waals surface area contributed by atoms with Crippen LogP contribution in [0.5, 0.6) is 5.75 Å². The molecule has 1 atom stereocenters. The minimum absolute atomic E-state index is 0.00897. The van der Waals surface area contributed by atoms with Crippen molar-refractivity contribution in [3.63, 3.8) is 0 Å². The van der Waals surface area contributed by atoms with Crippen LogP contribution in [-0.2, 0) is 32.8 Å². The molecular weight excluding hydrogens is 654 g/mol. The number of benzene rings is 1. The second-order valence-corrected chi connectivity index (χ2v) is 13.1. The molecule has 7 rings (SSSR count). The monoisotopic (exact) mass is 682 g/mol. The van der Waals surface area contributed by atoms with Crippen LogP contribution in [0.2, 0.25) is 5.02 Å². The number of carbonyl (C=O) groups excluding carboxylic acids is 4. The van der Waals surface area contributed by atoms with E-state index in [1.54, 1.807) is 6.92 Å². The van der Waals surface area contributed by atoms with Gasteiger partial charge in [0, 0.05) is 31.0 Å². The number of amides is 3. The van der Waals surface area contributed by atoms with E-state index in [1.807, 2.05) is 0 Å². The van der Waals surface area contributed by atoms with Gasteiger partial charge in [-0.05, 0) is 62.1 Å². The predicted molar refractivity (Wildman–Crippen MR) is 163 cm³/mol. The van der Waals surface area contributed by atoms with Crippen molar-refractivity contribution in [2.24, 2.45) is 17.6 Å². The van der Waals surface area contributed by atoms with Crippen LogP contribution in [0, 0.1) is 11.8 Å². The third kappa shape index (κ3) is 5.45. The van der Waals surface area contributed by atoms with Crippen molar-refractivity contribution in [1.82, 2.24) is 19.9 Å². The molecule has 1 aromatic carbocycles. The lowest BCUT2D eigenvalue weighted by Crippen LogP contribution is -2.51. The van der Waals surface area contributed by atoms with Crippen molar-refractivity contribution >= 4 is 41.2 Å². The van der Waals surface area contributed by atoms with Crippen molar-refractivity contribution in [2.45, 2.75) is 50.9 Å². The van der Waals surface area contributed by atoms with Crippen LogP contribution in [0.25, 0.3) is 11.1 Å². The summed E-state index contributed by atoms with van der Waals surface area (Å²) < 4.78 is 45.7. The maximum absolute atomic E-state index is 15.0. The Kier molecular flexibility index (Phi) is 7.49. The Balaban J connectivity index is 1.33. The van der Waals surface area contributed by atoms with Crippen molar-refractivity contribution < 1.29 is 42.2 Å². The molecule has 2 fully saturated rings. The molecule has 3 amide bonds. The van der Waals surface area contributed by atoms with Gasteiger partial charge in [-0.1, -0.05) is 17.7 Å². The zero-order chi connectivity index (χ0) is 34.1. The topological polar surface area (TPSA) is 167 Å². The second kappa shape index (κ2) is 11.4. The summed E-state index contributed by atoms with van der Waals surface area (Å²) in [6, 6.07) is 4.10. The molecule has 0 bridgehead atoms. The minimum Gasteiger partial charge on any atom is -0.453 e. The fraction of sp³-hybridized carbons (Fsp3) is 0.406. The summed E-state index contributed by atoms with van der Waals surface area (Å²) in [6.07, 6.45) is 0.427. The molecule has 3 aromatic rings. The summed E-state index contributed by atoms with van der Waals surface area (Å²) in [6.45, 7) is 2.09. The number of methoxy groups -OCH3 is 1. The van der Waals surface area contributed by atoms with E-state index >= 15 is 8.78 Å². The number of anilines is 1. The lowest BCUT2D eigenvalue weighted by molar-refractivity contribution is -0.193. The van der Waals surface area contributed by atoms with Crippen LogP contribution < -0.4 is 15.4 Å². The third-order valence-electron chi connectivity index (χ3n) is 9.03. The first-order chi connectivity index (χ1) is 22.8. The highest BCUT2D eigenvalue weighted by molar-refractivity contribution is 6.30. The second-order valence-electron chi connectivity index (χ2n) is 12.6. The molecule has 13 nitrogen and oxygen atoms in total. The largest absolute Gasteiger partial charge is 0.482 e. The number of rotatable bonds is 8. The van der Waals surface area contributed by atoms with Gasteiger partial charge < -0.3 is 24.8 Å². The molecule has 1 saturated carbocycles. The Bertz CT molecular complexity index is 1880. The maximum atomic E-state index is 15.0. The minimum atomic E-state index is -4.25. The standard InChI is InChI=1S/C32H29ClF2N6O7/c1-31(9-16-12-40(13-16)30(45)46-2)26-25(28(43)48-31)23(24(27(36)42)19(39-26)7-15-3-4-15)17-5-6-20-21(8-17)47-32(34,35)29(44)41(20)14-22-37-10-18(33)11-38-22/h5-6,8,10-11,15-16H,3-4,7,9,12-14H2,1-2H3,(H2,36,42)/t31-/m1/s1. The van der Waals surface area contributed by atoms with Crippen LogP contribution in [0.15, 0.2) is 30.6 Å². The number of nitrogens with two attached hydrogens (primary N) is 1. The van der Waals surface area contributed by atoms with Crippen molar-refractivity contribution in [3.05, 3.63) is 64.0 Å². The molecule has 5 heterocycles. The average molecular weight is 683 g/mol. The van der Waals surface area contributed by atoms with E-state index in [0.717, 1.165) is 17.7 Å². The molecular formula is C32H29ClF2N6O7. The normalized spacial score (nSPS) is 21.2. The molecule has 4 aliphatic rings. The number of ether oxygens (including phenoxy) is 3. The van der Waals surface area contributed by atoms with Gasteiger partial charge in [-0.3, -0.25) is 19.5 Å². The van der Waals surface area contributed by atoms with Gasteiger partial charge in [-0.15, -0.1) is 0 Å². The number of hydrogen-bond acceptors (Lipinski definition) is 10. The number of hydrogen-bond donors (Lipinski definition) is 1. The number of nitrogens with zero attached hydrogens (tertiary/aromatic N) is 5. The highest BCUT2D eigenvalue weighted by Crippen LogP contribution is 2.49.